The number of likely N-dealkylation sites (tertiary alicyclic amines) is 1. The smallest absolute Gasteiger partial charge is 0.419 e. The number of aromatic hydroxyl groups is 1. The quantitative estimate of drug-likeness (QED) is 0.491. The van der Waals surface area contributed by atoms with Gasteiger partial charge in [0.1, 0.15) is 10.8 Å². The van der Waals surface area contributed by atoms with Crippen LogP contribution in [0.3, 0.4) is 0 Å². The van der Waals surface area contributed by atoms with Crippen LogP contribution in [0.4, 0.5) is 13.2 Å². The summed E-state index contributed by atoms with van der Waals surface area (Å²) in [5.74, 6) is 0.374. The number of aromatic nitrogens is 1. The molecule has 172 valence electrons. The number of amides is 1. The first-order chi connectivity index (χ1) is 15.8. The topological polar surface area (TPSA) is 53.4 Å². The number of piperidine rings is 1. The Morgan fingerprint density at radius 1 is 1.06 bits per heavy atom. The van der Waals surface area contributed by atoms with Crippen molar-refractivity contribution < 1.29 is 23.1 Å². The van der Waals surface area contributed by atoms with Crippen molar-refractivity contribution in [3.63, 3.8) is 0 Å². The van der Waals surface area contributed by atoms with Gasteiger partial charge in [0.15, 0.2) is 0 Å². The maximum atomic E-state index is 13.3. The number of pyridine rings is 1. The molecule has 0 unspecified atom stereocenters. The van der Waals surface area contributed by atoms with Crippen LogP contribution in [-0.4, -0.2) is 34.0 Å². The lowest BCUT2D eigenvalue weighted by Crippen LogP contribution is -2.38. The minimum atomic E-state index is -4.45. The van der Waals surface area contributed by atoms with Gasteiger partial charge in [-0.15, -0.1) is 0 Å². The van der Waals surface area contributed by atoms with Crippen molar-refractivity contribution in [2.45, 2.75) is 35.4 Å². The van der Waals surface area contributed by atoms with E-state index in [2.05, 4.69) is 4.98 Å². The van der Waals surface area contributed by atoms with Gasteiger partial charge in [0.2, 0.25) is 0 Å². The van der Waals surface area contributed by atoms with Gasteiger partial charge in [-0.2, -0.15) is 13.2 Å². The normalized spacial score (nSPS) is 14.9. The predicted octanol–water partition coefficient (Wildman–Crippen LogP) is 6.05. The Morgan fingerprint density at radius 2 is 1.82 bits per heavy atom. The number of halogens is 3. The molecule has 33 heavy (non-hydrogen) atoms. The second-order valence-electron chi connectivity index (χ2n) is 8.09. The number of hydrogen-bond acceptors (Lipinski definition) is 4. The van der Waals surface area contributed by atoms with Gasteiger partial charge in [-0.3, -0.25) is 4.79 Å². The first-order valence-corrected chi connectivity index (χ1v) is 11.5. The maximum Gasteiger partial charge on any atom is 0.419 e. The number of benzene rings is 2. The zero-order valence-electron chi connectivity index (χ0n) is 17.8. The second kappa shape index (κ2) is 9.87. The van der Waals surface area contributed by atoms with E-state index in [1.807, 2.05) is 18.2 Å². The molecule has 8 heteroatoms. The van der Waals surface area contributed by atoms with Crippen molar-refractivity contribution >= 4 is 17.7 Å². The molecule has 1 N–H and O–H groups in total. The predicted molar refractivity (Wildman–Crippen MR) is 120 cm³/mol. The Labute approximate surface area is 194 Å². The van der Waals surface area contributed by atoms with Gasteiger partial charge in [0.05, 0.1) is 5.56 Å². The third-order valence-electron chi connectivity index (χ3n) is 5.71. The molecule has 0 atom stereocenters. The van der Waals surface area contributed by atoms with E-state index in [4.69, 9.17) is 0 Å². The van der Waals surface area contributed by atoms with E-state index in [9.17, 15) is 23.1 Å². The summed E-state index contributed by atoms with van der Waals surface area (Å²) in [4.78, 5) is 19.1. The summed E-state index contributed by atoms with van der Waals surface area (Å²) in [6.07, 6.45) is -0.580. The van der Waals surface area contributed by atoms with Crippen LogP contribution in [0.15, 0.2) is 76.8 Å². The number of hydrogen-bond donors (Lipinski definition) is 1. The van der Waals surface area contributed by atoms with Crippen LogP contribution >= 0.6 is 11.8 Å². The highest BCUT2D eigenvalue weighted by Gasteiger charge is 2.34. The van der Waals surface area contributed by atoms with Crippen LogP contribution < -0.4 is 0 Å². The molecule has 4 rings (SSSR count). The SMILES string of the molecule is O=C(c1cccc(O)c1)N1CCC(Cc2cccc(Sc3ncccc3C(F)(F)F)c2)CC1. The van der Waals surface area contributed by atoms with Crippen molar-refractivity contribution in [2.24, 2.45) is 5.92 Å². The van der Waals surface area contributed by atoms with Gasteiger partial charge < -0.3 is 10.0 Å². The molecule has 1 fully saturated rings. The van der Waals surface area contributed by atoms with Crippen LogP contribution in [-0.2, 0) is 12.6 Å². The van der Waals surface area contributed by atoms with Gasteiger partial charge in [-0.05, 0) is 73.2 Å². The van der Waals surface area contributed by atoms with Crippen molar-refractivity contribution in [3.8, 4) is 5.75 Å². The van der Waals surface area contributed by atoms with Crippen LogP contribution in [0.1, 0.15) is 34.3 Å². The zero-order chi connectivity index (χ0) is 23.4. The van der Waals surface area contributed by atoms with Gasteiger partial charge in [0.25, 0.3) is 5.91 Å². The van der Waals surface area contributed by atoms with Crippen molar-refractivity contribution in [1.29, 1.82) is 0 Å². The van der Waals surface area contributed by atoms with Crippen LogP contribution in [0, 0.1) is 5.92 Å². The standard InChI is InChI=1S/C25H23F3N2O2S/c26-25(27,28)22-8-3-11-29-23(22)33-21-7-1-4-18(15-21)14-17-9-12-30(13-10-17)24(32)19-5-2-6-20(31)16-19/h1-8,11,15-17,31H,9-10,12-14H2. The average molecular weight is 473 g/mol. The molecule has 3 aromatic rings. The minimum absolute atomic E-state index is 0.0547. The molecule has 1 saturated heterocycles. The fourth-order valence-corrected chi connectivity index (χ4v) is 5.02. The van der Waals surface area contributed by atoms with Gasteiger partial charge in [-0.25, -0.2) is 4.98 Å². The van der Waals surface area contributed by atoms with E-state index < -0.39 is 11.7 Å². The number of carbonyl (C=O) groups is 1. The Morgan fingerprint density at radius 3 is 2.55 bits per heavy atom. The van der Waals surface area contributed by atoms with Crippen molar-refractivity contribution in [2.75, 3.05) is 13.1 Å². The number of carbonyl (C=O) groups excluding carboxylic acids is 1. The third kappa shape index (κ3) is 5.87. The van der Waals surface area contributed by atoms with E-state index in [0.29, 0.717) is 29.5 Å². The molecule has 1 amide bonds. The summed E-state index contributed by atoms with van der Waals surface area (Å²) >= 11 is 1.02. The lowest BCUT2D eigenvalue weighted by molar-refractivity contribution is -0.140. The molecule has 0 aliphatic carbocycles. The molecular formula is C25H23F3N2O2S. The third-order valence-corrected chi connectivity index (χ3v) is 6.72. The molecular weight excluding hydrogens is 449 g/mol. The Bertz CT molecular complexity index is 1130. The van der Waals surface area contributed by atoms with E-state index in [0.717, 1.165) is 42.7 Å². The lowest BCUT2D eigenvalue weighted by atomic mass is 9.90. The summed E-state index contributed by atoms with van der Waals surface area (Å²) in [6.45, 7) is 1.27. The monoisotopic (exact) mass is 472 g/mol. The fraction of sp³-hybridized carbons (Fsp3) is 0.280. The summed E-state index contributed by atoms with van der Waals surface area (Å²) in [6, 6.07) is 16.3. The highest BCUT2D eigenvalue weighted by molar-refractivity contribution is 7.99. The fourth-order valence-electron chi connectivity index (χ4n) is 4.03. The Hall–Kier alpha value is -3.00. The van der Waals surface area contributed by atoms with E-state index in [1.165, 1.54) is 24.4 Å². The number of rotatable bonds is 5. The molecule has 1 aromatic heterocycles. The minimum Gasteiger partial charge on any atom is -0.508 e. The highest BCUT2D eigenvalue weighted by atomic mass is 32.2. The molecule has 2 aromatic carbocycles. The molecule has 1 aliphatic rings. The summed E-state index contributed by atoms with van der Waals surface area (Å²) in [5.41, 5.74) is 0.803. The molecule has 0 radical (unpaired) electrons. The number of nitrogens with zero attached hydrogens (tertiary/aromatic N) is 2. The van der Waals surface area contributed by atoms with E-state index in [1.54, 1.807) is 23.1 Å². The van der Waals surface area contributed by atoms with Crippen LogP contribution in [0.25, 0.3) is 0 Å². The van der Waals surface area contributed by atoms with Crippen LogP contribution in [0.5, 0.6) is 5.75 Å². The molecule has 0 bridgehead atoms. The van der Waals surface area contributed by atoms with Crippen LogP contribution in [0.2, 0.25) is 0 Å². The summed E-state index contributed by atoms with van der Waals surface area (Å²) in [5, 5.41) is 9.55. The first-order valence-electron chi connectivity index (χ1n) is 10.7. The van der Waals surface area contributed by atoms with Gasteiger partial charge >= 0.3 is 6.18 Å². The maximum absolute atomic E-state index is 13.3. The Balaban J connectivity index is 1.37. The molecule has 0 saturated carbocycles. The number of phenols is 1. The lowest BCUT2D eigenvalue weighted by Gasteiger charge is -2.32. The Kier molecular flexibility index (Phi) is 6.93. The molecule has 2 heterocycles. The average Bonchev–Trinajstić information content (AvgIpc) is 2.79. The number of alkyl halides is 3. The number of phenolic OH excluding ortho intramolecular Hbond substituents is 1. The van der Waals surface area contributed by atoms with Gasteiger partial charge in [-0.1, -0.05) is 30.0 Å². The molecule has 4 nitrogen and oxygen atoms in total. The molecule has 0 spiro atoms. The second-order valence-corrected chi connectivity index (χ2v) is 9.16. The van der Waals surface area contributed by atoms with Crippen molar-refractivity contribution in [1.82, 2.24) is 9.88 Å². The first kappa shape index (κ1) is 23.2. The van der Waals surface area contributed by atoms with Gasteiger partial charge in [0, 0.05) is 29.7 Å². The van der Waals surface area contributed by atoms with E-state index >= 15 is 0 Å². The van der Waals surface area contributed by atoms with Crippen molar-refractivity contribution in [3.05, 3.63) is 83.6 Å². The molecule has 1 aliphatic heterocycles. The van der Waals surface area contributed by atoms with E-state index in [-0.39, 0.29) is 16.7 Å². The largest absolute Gasteiger partial charge is 0.508 e. The zero-order valence-corrected chi connectivity index (χ0v) is 18.6. The highest BCUT2D eigenvalue weighted by Crippen LogP contribution is 2.38. The summed E-state index contributed by atoms with van der Waals surface area (Å²) in [7, 11) is 0. The summed E-state index contributed by atoms with van der Waals surface area (Å²) < 4.78 is 39.8.